The van der Waals surface area contributed by atoms with Gasteiger partial charge in [-0.15, -0.1) is 0 Å². The van der Waals surface area contributed by atoms with E-state index in [2.05, 4.69) is 26.8 Å². The SMILES string of the molecule is CC(=O)OCC=C1CC[C@H]2[C@@H]3C[C@H](C)C4=CC(=O)CC[C@]4(C)[C@H]3[C@@H](O)C[C@]12C. The largest absolute Gasteiger partial charge is 0.462 e. The zero-order chi connectivity index (χ0) is 20.3. The normalized spacial score (nSPS) is 46.5. The third-order valence-corrected chi connectivity index (χ3v) is 8.68. The maximum absolute atomic E-state index is 12.1. The summed E-state index contributed by atoms with van der Waals surface area (Å²) in [5.74, 6) is 1.69. The van der Waals surface area contributed by atoms with E-state index in [4.69, 9.17) is 4.74 Å². The van der Waals surface area contributed by atoms with Crippen LogP contribution in [0.2, 0.25) is 0 Å². The van der Waals surface area contributed by atoms with Gasteiger partial charge < -0.3 is 9.84 Å². The molecule has 0 aromatic carbocycles. The van der Waals surface area contributed by atoms with Crippen molar-refractivity contribution in [1.29, 1.82) is 0 Å². The molecule has 4 nitrogen and oxygen atoms in total. The fourth-order valence-corrected chi connectivity index (χ4v) is 7.56. The van der Waals surface area contributed by atoms with Crippen molar-refractivity contribution >= 4 is 11.8 Å². The highest BCUT2D eigenvalue weighted by Gasteiger charge is 2.61. The molecule has 0 bridgehead atoms. The van der Waals surface area contributed by atoms with Crippen LogP contribution in [0, 0.1) is 34.5 Å². The third-order valence-electron chi connectivity index (χ3n) is 8.68. The molecule has 4 aliphatic carbocycles. The number of fused-ring (bicyclic) bond motifs is 5. The first-order chi connectivity index (χ1) is 13.2. The molecular weight excluding hydrogens is 352 g/mol. The van der Waals surface area contributed by atoms with Crippen LogP contribution < -0.4 is 0 Å². The first-order valence-corrected chi connectivity index (χ1v) is 10.9. The number of carbonyl (C=O) groups is 2. The van der Waals surface area contributed by atoms with Crippen molar-refractivity contribution in [3.63, 3.8) is 0 Å². The Bertz CT molecular complexity index is 750. The highest BCUT2D eigenvalue weighted by atomic mass is 16.5. The van der Waals surface area contributed by atoms with Crippen LogP contribution in [0.15, 0.2) is 23.3 Å². The lowest BCUT2D eigenvalue weighted by atomic mass is 9.45. The van der Waals surface area contributed by atoms with E-state index in [1.54, 1.807) is 0 Å². The van der Waals surface area contributed by atoms with E-state index in [1.165, 1.54) is 18.1 Å². The van der Waals surface area contributed by atoms with Crippen LogP contribution in [0.5, 0.6) is 0 Å². The van der Waals surface area contributed by atoms with Gasteiger partial charge in [0.05, 0.1) is 6.10 Å². The van der Waals surface area contributed by atoms with Crippen molar-refractivity contribution in [2.24, 2.45) is 34.5 Å². The Morgan fingerprint density at radius 3 is 2.79 bits per heavy atom. The Morgan fingerprint density at radius 1 is 1.32 bits per heavy atom. The molecule has 3 fully saturated rings. The molecular formula is C24H34O4. The summed E-state index contributed by atoms with van der Waals surface area (Å²) in [5, 5.41) is 11.4. The second kappa shape index (κ2) is 6.83. The molecule has 1 N–H and O–H groups in total. The van der Waals surface area contributed by atoms with Crippen LogP contribution in [-0.4, -0.2) is 29.6 Å². The molecule has 0 aromatic heterocycles. The molecule has 3 saturated carbocycles. The third kappa shape index (κ3) is 2.91. The van der Waals surface area contributed by atoms with Crippen LogP contribution in [0.4, 0.5) is 0 Å². The molecule has 0 aliphatic heterocycles. The van der Waals surface area contributed by atoms with Gasteiger partial charge >= 0.3 is 5.97 Å². The standard InChI is InChI=1S/C24H34O4/c1-14-11-18-19-6-5-16(8-10-28-15(2)25)24(19,4)13-21(27)22(18)23(3)9-7-17(26)12-20(14)23/h8,12,14,18-19,21-22,27H,5-7,9-11,13H2,1-4H3/t14-,18-,19-,21-,22+,23-,24+/m0/s1. The molecule has 0 amide bonds. The summed E-state index contributed by atoms with van der Waals surface area (Å²) in [6.07, 6.45) is 9.15. The molecule has 4 rings (SSSR count). The summed E-state index contributed by atoms with van der Waals surface area (Å²) in [6, 6.07) is 0. The Morgan fingerprint density at radius 2 is 2.07 bits per heavy atom. The molecule has 154 valence electrons. The first-order valence-electron chi connectivity index (χ1n) is 10.9. The Kier molecular flexibility index (Phi) is 4.85. The van der Waals surface area contributed by atoms with Crippen LogP contribution in [0.1, 0.15) is 66.2 Å². The average Bonchev–Trinajstić information content (AvgIpc) is 2.92. The van der Waals surface area contributed by atoms with Gasteiger partial charge in [-0.3, -0.25) is 9.59 Å². The minimum Gasteiger partial charge on any atom is -0.462 e. The topological polar surface area (TPSA) is 63.6 Å². The van der Waals surface area contributed by atoms with Crippen LogP contribution in [-0.2, 0) is 14.3 Å². The van der Waals surface area contributed by atoms with E-state index in [0.717, 1.165) is 32.1 Å². The zero-order valence-corrected chi connectivity index (χ0v) is 17.7. The monoisotopic (exact) mass is 386 g/mol. The second-order valence-corrected chi connectivity index (χ2v) is 10.2. The highest BCUT2D eigenvalue weighted by Crippen LogP contribution is 2.67. The summed E-state index contributed by atoms with van der Waals surface area (Å²) >= 11 is 0. The van der Waals surface area contributed by atoms with Gasteiger partial charge in [-0.25, -0.2) is 0 Å². The van der Waals surface area contributed by atoms with Crippen molar-refractivity contribution < 1.29 is 19.4 Å². The predicted octanol–water partition coefficient (Wildman–Crippen LogP) is 4.22. The van der Waals surface area contributed by atoms with E-state index >= 15 is 0 Å². The number of aliphatic hydroxyl groups excluding tert-OH is 1. The first kappa shape index (κ1) is 19.9. The number of ether oxygens (including phenoxy) is 1. The molecule has 4 aliphatic rings. The van der Waals surface area contributed by atoms with Crippen molar-refractivity contribution in [3.05, 3.63) is 23.3 Å². The Labute approximate surface area is 168 Å². The molecule has 0 spiro atoms. The number of rotatable bonds is 2. The second-order valence-electron chi connectivity index (χ2n) is 10.2. The lowest BCUT2D eigenvalue weighted by molar-refractivity contribution is -0.139. The summed E-state index contributed by atoms with van der Waals surface area (Å²) in [6.45, 7) is 8.66. The van der Waals surface area contributed by atoms with E-state index in [-0.39, 0.29) is 34.6 Å². The van der Waals surface area contributed by atoms with E-state index in [9.17, 15) is 14.7 Å². The van der Waals surface area contributed by atoms with Gasteiger partial charge in [0.2, 0.25) is 0 Å². The number of esters is 1. The zero-order valence-electron chi connectivity index (χ0n) is 17.7. The Balaban J connectivity index is 1.66. The van der Waals surface area contributed by atoms with Gasteiger partial charge in [-0.1, -0.05) is 31.9 Å². The quantitative estimate of drug-likeness (QED) is 0.570. The van der Waals surface area contributed by atoms with Crippen molar-refractivity contribution in [3.8, 4) is 0 Å². The summed E-state index contributed by atoms with van der Waals surface area (Å²) < 4.78 is 5.16. The van der Waals surface area contributed by atoms with Crippen molar-refractivity contribution in [2.75, 3.05) is 6.61 Å². The molecule has 0 radical (unpaired) electrons. The van der Waals surface area contributed by atoms with E-state index in [1.807, 2.05) is 6.08 Å². The molecule has 0 heterocycles. The number of hydrogen-bond acceptors (Lipinski definition) is 4. The number of aliphatic hydroxyl groups is 1. The maximum atomic E-state index is 12.1. The van der Waals surface area contributed by atoms with Crippen LogP contribution in [0.3, 0.4) is 0 Å². The van der Waals surface area contributed by atoms with Crippen LogP contribution >= 0.6 is 0 Å². The molecule has 28 heavy (non-hydrogen) atoms. The van der Waals surface area contributed by atoms with E-state index < -0.39 is 0 Å². The highest BCUT2D eigenvalue weighted by molar-refractivity contribution is 5.91. The molecule has 4 heteroatoms. The predicted molar refractivity (Wildman–Crippen MR) is 107 cm³/mol. The molecule has 0 saturated heterocycles. The summed E-state index contributed by atoms with van der Waals surface area (Å²) in [7, 11) is 0. The number of ketones is 1. The number of hydrogen-bond donors (Lipinski definition) is 1. The minimum atomic E-state index is -0.351. The summed E-state index contributed by atoms with van der Waals surface area (Å²) in [5.41, 5.74) is 2.58. The van der Waals surface area contributed by atoms with Crippen molar-refractivity contribution in [2.45, 2.75) is 72.3 Å². The molecule has 0 aromatic rings. The number of allylic oxidation sites excluding steroid dienone is 2. The van der Waals surface area contributed by atoms with Gasteiger partial charge in [-0.2, -0.15) is 0 Å². The van der Waals surface area contributed by atoms with Crippen molar-refractivity contribution in [1.82, 2.24) is 0 Å². The lowest BCUT2D eigenvalue weighted by Gasteiger charge is -2.60. The number of carbonyl (C=O) groups excluding carboxylic acids is 2. The van der Waals surface area contributed by atoms with Gasteiger partial charge in [0.1, 0.15) is 6.61 Å². The van der Waals surface area contributed by atoms with Gasteiger partial charge in [0.15, 0.2) is 5.78 Å². The fourth-order valence-electron chi connectivity index (χ4n) is 7.56. The fraction of sp³-hybridized carbons (Fsp3) is 0.750. The average molecular weight is 387 g/mol. The van der Waals surface area contributed by atoms with E-state index in [0.29, 0.717) is 30.8 Å². The summed E-state index contributed by atoms with van der Waals surface area (Å²) in [4.78, 5) is 23.2. The van der Waals surface area contributed by atoms with Crippen LogP contribution in [0.25, 0.3) is 0 Å². The van der Waals surface area contributed by atoms with Gasteiger partial charge in [0.25, 0.3) is 0 Å². The van der Waals surface area contributed by atoms with Gasteiger partial charge in [-0.05, 0) is 78.8 Å². The Hall–Kier alpha value is -1.42. The lowest BCUT2D eigenvalue weighted by Crippen LogP contribution is -2.57. The minimum absolute atomic E-state index is 0.0114. The van der Waals surface area contributed by atoms with Gasteiger partial charge in [0, 0.05) is 13.3 Å². The molecule has 0 unspecified atom stereocenters. The molecule has 7 atom stereocenters. The smallest absolute Gasteiger partial charge is 0.302 e. The maximum Gasteiger partial charge on any atom is 0.302 e.